The first-order valence-electron chi connectivity index (χ1n) is 10.2. The maximum atomic E-state index is 13.1. The number of anilines is 2. The molecule has 2 heterocycles. The van der Waals surface area contributed by atoms with Crippen LogP contribution in [0.4, 0.5) is 29.3 Å². The highest BCUT2D eigenvalue weighted by molar-refractivity contribution is 6.34. The Hall–Kier alpha value is -3.83. The van der Waals surface area contributed by atoms with Gasteiger partial charge in [0.05, 0.1) is 16.2 Å². The number of benzene rings is 2. The first kappa shape index (κ1) is 24.3. The van der Waals surface area contributed by atoms with Gasteiger partial charge in [0.1, 0.15) is 17.6 Å². The van der Waals surface area contributed by atoms with E-state index >= 15 is 0 Å². The predicted molar refractivity (Wildman–Crippen MR) is 125 cm³/mol. The first-order valence-corrected chi connectivity index (χ1v) is 10.5. The highest BCUT2D eigenvalue weighted by atomic mass is 35.5. The number of nitrogens with zero attached hydrogens (tertiary/aromatic N) is 3. The molecule has 0 aliphatic heterocycles. The summed E-state index contributed by atoms with van der Waals surface area (Å²) < 4.78 is 47.0. The van der Waals surface area contributed by atoms with Crippen molar-refractivity contribution >= 4 is 40.0 Å². The molecule has 0 radical (unpaired) electrons. The molecule has 8 nitrogen and oxygen atoms in total. The molecule has 1 atom stereocenters. The van der Waals surface area contributed by atoms with Crippen LogP contribution in [0.25, 0.3) is 11.0 Å². The quantitative estimate of drug-likeness (QED) is 0.317. The van der Waals surface area contributed by atoms with Gasteiger partial charge in [-0.15, -0.1) is 0 Å². The Bertz CT molecular complexity index is 1400. The molecule has 2 amide bonds. The van der Waals surface area contributed by atoms with Crippen LogP contribution in [0.2, 0.25) is 5.02 Å². The number of aliphatic hydroxyl groups is 1. The standard InChI is InChI=1S/C23H19ClF3N5O3/c1-22(34,23(25,26)27)13-4-3-5-14(10-13)30-21(33)31-17-7-6-15(11-16(17)24)35-20-19-18(28-12-29-20)8-9-32(19)2/h3-12,34H,1-2H3,(H2,30,31,33). The van der Waals surface area contributed by atoms with Gasteiger partial charge in [0.25, 0.3) is 0 Å². The van der Waals surface area contributed by atoms with Crippen molar-refractivity contribution in [1.29, 1.82) is 0 Å². The summed E-state index contributed by atoms with van der Waals surface area (Å²) in [5, 5.41) is 15.0. The van der Waals surface area contributed by atoms with Crippen molar-refractivity contribution in [2.45, 2.75) is 18.7 Å². The molecule has 0 saturated heterocycles. The lowest BCUT2D eigenvalue weighted by Crippen LogP contribution is -2.39. The third-order valence-corrected chi connectivity index (χ3v) is 5.58. The van der Waals surface area contributed by atoms with Gasteiger partial charge < -0.3 is 25.0 Å². The normalized spacial score (nSPS) is 13.3. The number of hydrogen-bond acceptors (Lipinski definition) is 5. The van der Waals surface area contributed by atoms with Gasteiger partial charge in [-0.05, 0) is 42.8 Å². The van der Waals surface area contributed by atoms with Crippen LogP contribution in [0.5, 0.6) is 11.6 Å². The summed E-state index contributed by atoms with van der Waals surface area (Å²) in [5.41, 5.74) is -1.80. The lowest BCUT2D eigenvalue weighted by molar-refractivity contribution is -0.258. The molecule has 4 rings (SSSR count). The van der Waals surface area contributed by atoms with Crippen LogP contribution in [0, 0.1) is 0 Å². The van der Waals surface area contributed by atoms with Crippen molar-refractivity contribution < 1.29 is 27.8 Å². The van der Waals surface area contributed by atoms with Gasteiger partial charge in [0.15, 0.2) is 5.60 Å². The van der Waals surface area contributed by atoms with Gasteiger partial charge in [-0.3, -0.25) is 0 Å². The van der Waals surface area contributed by atoms with Crippen LogP contribution >= 0.6 is 11.6 Å². The SMILES string of the molecule is Cn1ccc2ncnc(Oc3ccc(NC(=O)Nc4cccc(C(C)(O)C(F)(F)F)c4)c(Cl)c3)c21. The third-order valence-electron chi connectivity index (χ3n) is 5.26. The van der Waals surface area contributed by atoms with E-state index in [1.807, 2.05) is 23.9 Å². The minimum absolute atomic E-state index is 0.0518. The molecule has 2 aromatic carbocycles. The lowest BCUT2D eigenvalue weighted by Gasteiger charge is -2.27. The van der Waals surface area contributed by atoms with Crippen LogP contribution in [0.15, 0.2) is 61.1 Å². The molecule has 12 heteroatoms. The molecular formula is C23H19ClF3N5O3. The Morgan fingerprint density at radius 3 is 2.60 bits per heavy atom. The van der Waals surface area contributed by atoms with Gasteiger partial charge in [0.2, 0.25) is 5.88 Å². The number of halogens is 4. The van der Waals surface area contributed by atoms with Gasteiger partial charge in [0, 0.05) is 25.0 Å². The first-order chi connectivity index (χ1) is 16.5. The minimum atomic E-state index is -4.89. The Morgan fingerprint density at radius 2 is 1.89 bits per heavy atom. The van der Waals surface area contributed by atoms with E-state index in [9.17, 15) is 23.1 Å². The molecular weight excluding hydrogens is 487 g/mol. The van der Waals surface area contributed by atoms with Crippen molar-refractivity contribution in [1.82, 2.24) is 14.5 Å². The van der Waals surface area contributed by atoms with E-state index in [0.717, 1.165) is 12.1 Å². The zero-order chi connectivity index (χ0) is 25.4. The van der Waals surface area contributed by atoms with E-state index in [2.05, 4.69) is 20.6 Å². The lowest BCUT2D eigenvalue weighted by atomic mass is 9.95. The van der Waals surface area contributed by atoms with Crippen LogP contribution < -0.4 is 15.4 Å². The fraction of sp³-hybridized carbons (Fsp3) is 0.174. The topological polar surface area (TPSA) is 101 Å². The summed E-state index contributed by atoms with van der Waals surface area (Å²) in [4.78, 5) is 20.7. The zero-order valence-electron chi connectivity index (χ0n) is 18.4. The Labute approximate surface area is 202 Å². The molecule has 0 spiro atoms. The number of nitrogens with one attached hydrogen (secondary N) is 2. The van der Waals surface area contributed by atoms with E-state index in [-0.39, 0.29) is 16.4 Å². The summed E-state index contributed by atoms with van der Waals surface area (Å²) >= 11 is 6.29. The summed E-state index contributed by atoms with van der Waals surface area (Å²) in [6.45, 7) is 0.639. The number of hydrogen-bond donors (Lipinski definition) is 3. The summed E-state index contributed by atoms with van der Waals surface area (Å²) in [5.74, 6) is 0.691. The number of urea groups is 1. The average molecular weight is 506 g/mol. The molecule has 182 valence electrons. The second-order valence-corrected chi connectivity index (χ2v) is 8.22. The second kappa shape index (κ2) is 9.08. The molecule has 1 unspecified atom stereocenters. The van der Waals surface area contributed by atoms with Crippen molar-refractivity contribution in [2.75, 3.05) is 10.6 Å². The van der Waals surface area contributed by atoms with Gasteiger partial charge >= 0.3 is 12.2 Å². The average Bonchev–Trinajstić information content (AvgIpc) is 3.17. The molecule has 0 fully saturated rings. The summed E-state index contributed by atoms with van der Waals surface area (Å²) in [6.07, 6.45) is -1.68. The molecule has 3 N–H and O–H groups in total. The van der Waals surface area contributed by atoms with Gasteiger partial charge in [-0.2, -0.15) is 18.2 Å². The number of rotatable bonds is 5. The maximum Gasteiger partial charge on any atom is 0.421 e. The van der Waals surface area contributed by atoms with E-state index < -0.39 is 23.4 Å². The fourth-order valence-corrected chi connectivity index (χ4v) is 3.50. The molecule has 0 bridgehead atoms. The number of aromatic nitrogens is 3. The van der Waals surface area contributed by atoms with Crippen LogP contribution in [-0.2, 0) is 12.6 Å². The number of fused-ring (bicyclic) bond motifs is 1. The Kier molecular flexibility index (Phi) is 6.30. The molecule has 35 heavy (non-hydrogen) atoms. The third kappa shape index (κ3) is 5.00. The minimum Gasteiger partial charge on any atom is -0.437 e. The predicted octanol–water partition coefficient (Wildman–Crippen LogP) is 5.83. The van der Waals surface area contributed by atoms with E-state index in [1.54, 1.807) is 6.07 Å². The summed E-state index contributed by atoms with van der Waals surface area (Å²) in [7, 11) is 1.83. The highest BCUT2D eigenvalue weighted by Crippen LogP contribution is 2.39. The van der Waals surface area contributed by atoms with Crippen LogP contribution in [0.1, 0.15) is 12.5 Å². The number of carbonyl (C=O) groups excluding carboxylic acids is 1. The smallest absolute Gasteiger partial charge is 0.421 e. The second-order valence-electron chi connectivity index (χ2n) is 7.81. The van der Waals surface area contributed by atoms with Crippen molar-refractivity contribution in [3.63, 3.8) is 0 Å². The number of amides is 2. The Morgan fingerprint density at radius 1 is 1.11 bits per heavy atom. The fourth-order valence-electron chi connectivity index (χ4n) is 3.28. The number of aryl methyl sites for hydroxylation is 1. The van der Waals surface area contributed by atoms with Gasteiger partial charge in [-0.25, -0.2) is 9.78 Å². The zero-order valence-corrected chi connectivity index (χ0v) is 19.1. The van der Waals surface area contributed by atoms with E-state index in [4.69, 9.17) is 16.3 Å². The summed E-state index contributed by atoms with van der Waals surface area (Å²) in [6, 6.07) is 10.5. The molecule has 0 aliphatic rings. The van der Waals surface area contributed by atoms with Crippen molar-refractivity contribution in [2.24, 2.45) is 7.05 Å². The maximum absolute atomic E-state index is 13.1. The number of carbonyl (C=O) groups is 1. The van der Waals surface area contributed by atoms with Crippen molar-refractivity contribution in [3.05, 3.63) is 71.6 Å². The van der Waals surface area contributed by atoms with Crippen LogP contribution in [-0.4, -0.2) is 31.8 Å². The van der Waals surface area contributed by atoms with E-state index in [1.165, 1.54) is 30.6 Å². The monoisotopic (exact) mass is 505 g/mol. The largest absolute Gasteiger partial charge is 0.437 e. The molecule has 2 aromatic heterocycles. The highest BCUT2D eigenvalue weighted by Gasteiger charge is 2.51. The van der Waals surface area contributed by atoms with Crippen LogP contribution in [0.3, 0.4) is 0 Å². The Balaban J connectivity index is 1.46. The van der Waals surface area contributed by atoms with E-state index in [0.29, 0.717) is 29.6 Å². The van der Waals surface area contributed by atoms with Gasteiger partial charge in [-0.1, -0.05) is 23.7 Å². The number of alkyl halides is 3. The molecule has 0 aliphatic carbocycles. The number of ether oxygens (including phenoxy) is 1. The molecule has 0 saturated carbocycles. The molecule has 4 aromatic rings. The van der Waals surface area contributed by atoms with Crippen molar-refractivity contribution in [3.8, 4) is 11.6 Å².